The van der Waals surface area contributed by atoms with E-state index in [1.54, 1.807) is 0 Å². The van der Waals surface area contributed by atoms with Crippen molar-refractivity contribution in [3.8, 4) is 11.5 Å². The van der Waals surface area contributed by atoms with Crippen molar-refractivity contribution in [2.45, 2.75) is 6.29 Å². The fourth-order valence-corrected chi connectivity index (χ4v) is 1.87. The van der Waals surface area contributed by atoms with Crippen molar-refractivity contribution in [3.05, 3.63) is 12.1 Å². The second-order valence-electron chi connectivity index (χ2n) is 3.15. The number of benzene rings is 1. The average Bonchev–Trinajstić information content (AvgIpc) is 2.71. The second kappa shape index (κ2) is 3.11. The first-order valence-electron chi connectivity index (χ1n) is 4.23. The zero-order chi connectivity index (χ0) is 12.2. The van der Waals surface area contributed by atoms with Gasteiger partial charge < -0.3 is 9.47 Å². The second-order valence-corrected chi connectivity index (χ2v) is 3.96. The molecule has 1 atom stereocenters. The van der Waals surface area contributed by atoms with Crippen molar-refractivity contribution in [2.24, 2.45) is 0 Å². The molecule has 0 radical (unpaired) electrons. The number of hydrogen-bond donors (Lipinski definition) is 1. The molecule has 1 aromatic heterocycles. The Labute approximate surface area is 94.3 Å². The van der Waals surface area contributed by atoms with Gasteiger partial charge in [-0.2, -0.15) is 0 Å². The van der Waals surface area contributed by atoms with Crippen LogP contribution in [0.4, 0.5) is 8.78 Å². The third-order valence-corrected chi connectivity index (χ3v) is 2.65. The maximum absolute atomic E-state index is 12.8. The lowest BCUT2D eigenvalue weighted by Crippen LogP contribution is -2.25. The van der Waals surface area contributed by atoms with Gasteiger partial charge >= 0.3 is 6.29 Å². The van der Waals surface area contributed by atoms with Crippen LogP contribution in [0.2, 0.25) is 0 Å². The van der Waals surface area contributed by atoms with Gasteiger partial charge in [0.2, 0.25) is 0 Å². The fourth-order valence-electron chi connectivity index (χ4n) is 1.46. The van der Waals surface area contributed by atoms with Gasteiger partial charge in [-0.3, -0.25) is 4.55 Å². The van der Waals surface area contributed by atoms with Crippen molar-refractivity contribution in [1.82, 2.24) is 14.4 Å². The summed E-state index contributed by atoms with van der Waals surface area (Å²) in [6.07, 6.45) is -3.74. The summed E-state index contributed by atoms with van der Waals surface area (Å²) in [4.78, 5) is 0. The van der Waals surface area contributed by atoms with Gasteiger partial charge in [0.15, 0.2) is 11.5 Å². The molecule has 1 aliphatic heterocycles. The number of hydrogen-bond acceptors (Lipinski definition) is 5. The molecule has 2 aromatic rings. The van der Waals surface area contributed by atoms with E-state index in [-0.39, 0.29) is 22.5 Å². The summed E-state index contributed by atoms with van der Waals surface area (Å²) < 4.78 is 54.3. The van der Waals surface area contributed by atoms with Gasteiger partial charge in [0.05, 0.1) is 0 Å². The van der Waals surface area contributed by atoms with Crippen molar-refractivity contribution < 1.29 is 27.0 Å². The average molecular weight is 263 g/mol. The Morgan fingerprint density at radius 1 is 1.35 bits per heavy atom. The highest BCUT2D eigenvalue weighted by molar-refractivity contribution is 7.77. The largest absolute Gasteiger partial charge is 0.586 e. The standard InChI is InChI=1S/C7H3F2N3O4S/c8-7(9)15-5-1-3-4(2-6(5)16-7)12(11-10-3)17(13)14/h1-2H,(H,13,14). The number of halogens is 2. The first-order valence-corrected chi connectivity index (χ1v) is 5.29. The van der Waals surface area contributed by atoms with E-state index in [0.717, 1.165) is 12.1 Å². The molecule has 0 bridgehead atoms. The van der Waals surface area contributed by atoms with Gasteiger partial charge in [0, 0.05) is 12.1 Å². The Kier molecular flexibility index (Phi) is 1.89. The topological polar surface area (TPSA) is 86.5 Å². The Morgan fingerprint density at radius 2 is 2.00 bits per heavy atom. The fraction of sp³-hybridized carbons (Fsp3) is 0.143. The zero-order valence-corrected chi connectivity index (χ0v) is 8.65. The SMILES string of the molecule is O=S(O)n1nnc2cc3c(cc21)OC(F)(F)O3. The first-order chi connectivity index (χ1) is 7.96. The minimum atomic E-state index is -3.74. The molecule has 0 aliphatic carbocycles. The third-order valence-electron chi connectivity index (χ3n) is 2.09. The van der Waals surface area contributed by atoms with Gasteiger partial charge in [-0.25, -0.2) is 4.21 Å². The molecule has 0 saturated heterocycles. The third kappa shape index (κ3) is 1.52. The van der Waals surface area contributed by atoms with E-state index >= 15 is 0 Å². The summed E-state index contributed by atoms with van der Waals surface area (Å²) in [5.74, 6) is -0.435. The number of rotatable bonds is 1. The van der Waals surface area contributed by atoms with E-state index < -0.39 is 17.6 Å². The zero-order valence-electron chi connectivity index (χ0n) is 7.83. The van der Waals surface area contributed by atoms with E-state index in [0.29, 0.717) is 4.09 Å². The van der Waals surface area contributed by atoms with E-state index in [2.05, 4.69) is 19.8 Å². The van der Waals surface area contributed by atoms with Crippen LogP contribution in [0.1, 0.15) is 0 Å². The predicted octanol–water partition coefficient (Wildman–Crippen LogP) is 0.738. The molecule has 3 rings (SSSR count). The van der Waals surface area contributed by atoms with Gasteiger partial charge in [-0.05, 0) is 0 Å². The van der Waals surface area contributed by atoms with Crippen LogP contribution in [0.25, 0.3) is 11.0 Å². The van der Waals surface area contributed by atoms with Gasteiger partial charge in [0.25, 0.3) is 11.3 Å². The molecule has 0 saturated carbocycles. The molecule has 90 valence electrons. The van der Waals surface area contributed by atoms with Crippen molar-refractivity contribution >= 4 is 22.3 Å². The minimum absolute atomic E-state index is 0.0888. The molecule has 0 amide bonds. The van der Waals surface area contributed by atoms with Crippen LogP contribution in [0.3, 0.4) is 0 Å². The Balaban J connectivity index is 2.22. The summed E-state index contributed by atoms with van der Waals surface area (Å²) in [6.45, 7) is 0. The molecule has 17 heavy (non-hydrogen) atoms. The normalized spacial score (nSPS) is 18.5. The number of ether oxygens (including phenoxy) is 2. The van der Waals surface area contributed by atoms with Gasteiger partial charge in [-0.1, -0.05) is 5.21 Å². The molecule has 10 heteroatoms. The van der Waals surface area contributed by atoms with Crippen LogP contribution in [-0.2, 0) is 11.3 Å². The number of fused-ring (bicyclic) bond motifs is 2. The van der Waals surface area contributed by atoms with E-state index in [1.807, 2.05) is 0 Å². The number of alkyl halides is 2. The predicted molar refractivity (Wildman–Crippen MR) is 49.9 cm³/mol. The molecule has 0 spiro atoms. The lowest BCUT2D eigenvalue weighted by atomic mass is 10.3. The van der Waals surface area contributed by atoms with E-state index in [1.165, 1.54) is 0 Å². The molecule has 1 N–H and O–H groups in total. The van der Waals surface area contributed by atoms with E-state index in [4.69, 9.17) is 4.55 Å². The van der Waals surface area contributed by atoms with Crippen LogP contribution >= 0.6 is 0 Å². The van der Waals surface area contributed by atoms with Crippen LogP contribution in [-0.4, -0.2) is 29.5 Å². The maximum atomic E-state index is 12.8. The summed E-state index contributed by atoms with van der Waals surface area (Å²) in [5, 5.41) is 6.93. The maximum Gasteiger partial charge on any atom is 0.586 e. The number of nitrogens with zero attached hydrogens (tertiary/aromatic N) is 3. The smallest absolute Gasteiger partial charge is 0.395 e. The molecule has 2 heterocycles. The summed E-state index contributed by atoms with van der Waals surface area (Å²) in [7, 11) is 0. The van der Waals surface area contributed by atoms with Crippen LogP contribution in [0.15, 0.2) is 12.1 Å². The summed E-state index contributed by atoms with van der Waals surface area (Å²) in [5.41, 5.74) is 0.235. The quantitative estimate of drug-likeness (QED) is 0.763. The summed E-state index contributed by atoms with van der Waals surface area (Å²) in [6, 6.07) is 2.27. The minimum Gasteiger partial charge on any atom is -0.395 e. The highest BCUT2D eigenvalue weighted by Gasteiger charge is 2.43. The monoisotopic (exact) mass is 263 g/mol. The van der Waals surface area contributed by atoms with Crippen LogP contribution in [0.5, 0.6) is 11.5 Å². The van der Waals surface area contributed by atoms with E-state index in [9.17, 15) is 13.0 Å². The van der Waals surface area contributed by atoms with Gasteiger partial charge in [-0.15, -0.1) is 18.0 Å². The van der Waals surface area contributed by atoms with Crippen LogP contribution in [0, 0.1) is 0 Å². The van der Waals surface area contributed by atoms with Crippen molar-refractivity contribution in [2.75, 3.05) is 0 Å². The molecule has 1 aliphatic rings. The Bertz CT molecular complexity index is 643. The van der Waals surface area contributed by atoms with Crippen molar-refractivity contribution in [1.29, 1.82) is 0 Å². The first kappa shape index (κ1) is 10.4. The highest BCUT2D eigenvalue weighted by Crippen LogP contribution is 2.42. The lowest BCUT2D eigenvalue weighted by molar-refractivity contribution is -0.286. The molecular formula is C7H3F2N3O4S. The molecule has 0 fully saturated rings. The summed E-state index contributed by atoms with van der Waals surface area (Å²) >= 11 is -2.43. The number of aromatic nitrogens is 3. The molecule has 1 aromatic carbocycles. The molecule has 7 nitrogen and oxygen atoms in total. The lowest BCUT2D eigenvalue weighted by Gasteiger charge is -2.04. The molecular weight excluding hydrogens is 260 g/mol. The Morgan fingerprint density at radius 3 is 2.65 bits per heavy atom. The Hall–Kier alpha value is -1.81. The molecule has 1 unspecified atom stereocenters. The van der Waals surface area contributed by atoms with Gasteiger partial charge in [0.1, 0.15) is 11.0 Å². The highest BCUT2D eigenvalue weighted by atomic mass is 32.2. The van der Waals surface area contributed by atoms with Crippen LogP contribution < -0.4 is 9.47 Å². The van der Waals surface area contributed by atoms with Crippen molar-refractivity contribution in [3.63, 3.8) is 0 Å².